The van der Waals surface area contributed by atoms with E-state index >= 15 is 0 Å². The van der Waals surface area contributed by atoms with E-state index in [2.05, 4.69) is 10.3 Å². The van der Waals surface area contributed by atoms with Gasteiger partial charge in [0, 0.05) is 12.2 Å². The second-order valence-electron chi connectivity index (χ2n) is 2.42. The minimum Gasteiger partial charge on any atom is -0.313 e. The summed E-state index contributed by atoms with van der Waals surface area (Å²) in [6, 6.07) is 3.32. The van der Waals surface area contributed by atoms with Gasteiger partial charge in [0.15, 0.2) is 0 Å². The van der Waals surface area contributed by atoms with Crippen LogP contribution in [0.3, 0.4) is 0 Å². The molecule has 1 aromatic heterocycles. The third kappa shape index (κ3) is 1.98. The Kier molecular flexibility index (Phi) is 2.54. The van der Waals surface area contributed by atoms with Crippen LogP contribution < -0.4 is 5.32 Å². The number of pyridine rings is 1. The van der Waals surface area contributed by atoms with Crippen LogP contribution in [0.1, 0.15) is 18.5 Å². The van der Waals surface area contributed by atoms with Crippen LogP contribution >= 0.6 is 0 Å². The molecule has 60 valence electrons. The summed E-state index contributed by atoms with van der Waals surface area (Å²) < 4.78 is 12.3. The zero-order chi connectivity index (χ0) is 8.27. The standard InChI is InChI=1S/C8H11FN2/c1-6(10-2)7-3-4-8(9)11-5-7/h3-6,10H,1-2H3. The molecular formula is C8H11FN2. The highest BCUT2D eigenvalue weighted by molar-refractivity contribution is 5.13. The van der Waals surface area contributed by atoms with Crippen LogP contribution in [0.4, 0.5) is 4.39 Å². The lowest BCUT2D eigenvalue weighted by Gasteiger charge is -2.08. The van der Waals surface area contributed by atoms with Crippen LogP contribution in [0.25, 0.3) is 0 Å². The molecule has 0 spiro atoms. The van der Waals surface area contributed by atoms with Gasteiger partial charge in [-0.05, 0) is 25.6 Å². The van der Waals surface area contributed by atoms with Crippen LogP contribution in [0.15, 0.2) is 18.3 Å². The van der Waals surface area contributed by atoms with Crippen LogP contribution in [0.2, 0.25) is 0 Å². The largest absolute Gasteiger partial charge is 0.313 e. The van der Waals surface area contributed by atoms with Crippen molar-refractivity contribution in [2.75, 3.05) is 7.05 Å². The molecule has 0 aliphatic heterocycles. The monoisotopic (exact) mass is 154 g/mol. The molecule has 0 radical (unpaired) electrons. The zero-order valence-corrected chi connectivity index (χ0v) is 6.63. The van der Waals surface area contributed by atoms with Gasteiger partial charge in [-0.1, -0.05) is 6.07 Å². The van der Waals surface area contributed by atoms with Crippen molar-refractivity contribution in [2.45, 2.75) is 13.0 Å². The van der Waals surface area contributed by atoms with Gasteiger partial charge in [-0.3, -0.25) is 0 Å². The molecule has 0 bridgehead atoms. The third-order valence-corrected chi connectivity index (χ3v) is 1.68. The molecule has 0 aromatic carbocycles. The van der Waals surface area contributed by atoms with E-state index in [1.54, 1.807) is 6.07 Å². The van der Waals surface area contributed by atoms with Crippen molar-refractivity contribution >= 4 is 0 Å². The minimum atomic E-state index is -0.433. The number of hydrogen-bond donors (Lipinski definition) is 1. The molecule has 3 heteroatoms. The quantitative estimate of drug-likeness (QED) is 0.653. The Morgan fingerprint density at radius 3 is 2.73 bits per heavy atom. The summed E-state index contributed by atoms with van der Waals surface area (Å²) in [6.45, 7) is 1.99. The molecule has 0 saturated carbocycles. The molecule has 0 aliphatic rings. The van der Waals surface area contributed by atoms with Gasteiger partial charge in [0.2, 0.25) is 5.95 Å². The molecular weight excluding hydrogens is 143 g/mol. The van der Waals surface area contributed by atoms with Crippen LogP contribution in [0.5, 0.6) is 0 Å². The number of hydrogen-bond acceptors (Lipinski definition) is 2. The van der Waals surface area contributed by atoms with Crippen molar-refractivity contribution in [1.29, 1.82) is 0 Å². The van der Waals surface area contributed by atoms with E-state index in [1.165, 1.54) is 12.3 Å². The van der Waals surface area contributed by atoms with Gasteiger partial charge >= 0.3 is 0 Å². The Bertz CT molecular complexity index is 220. The molecule has 1 atom stereocenters. The average Bonchev–Trinajstić information content (AvgIpc) is 2.05. The molecule has 1 rings (SSSR count). The first-order chi connectivity index (χ1) is 5.24. The Labute approximate surface area is 65.5 Å². The molecule has 11 heavy (non-hydrogen) atoms. The minimum absolute atomic E-state index is 0.225. The van der Waals surface area contributed by atoms with E-state index in [0.29, 0.717) is 0 Å². The summed E-state index contributed by atoms with van der Waals surface area (Å²) in [4.78, 5) is 3.54. The van der Waals surface area contributed by atoms with Gasteiger partial charge in [0.05, 0.1) is 0 Å². The molecule has 1 aromatic rings. The zero-order valence-electron chi connectivity index (χ0n) is 6.63. The third-order valence-electron chi connectivity index (χ3n) is 1.68. The van der Waals surface area contributed by atoms with E-state index < -0.39 is 5.95 Å². The van der Waals surface area contributed by atoms with Crippen LogP contribution in [0, 0.1) is 5.95 Å². The van der Waals surface area contributed by atoms with Crippen molar-refractivity contribution in [1.82, 2.24) is 10.3 Å². The van der Waals surface area contributed by atoms with Crippen molar-refractivity contribution in [2.24, 2.45) is 0 Å². The van der Waals surface area contributed by atoms with Crippen LogP contribution in [-0.4, -0.2) is 12.0 Å². The van der Waals surface area contributed by atoms with E-state index in [4.69, 9.17) is 0 Å². The lowest BCUT2D eigenvalue weighted by molar-refractivity contribution is 0.576. The topological polar surface area (TPSA) is 24.9 Å². The summed E-state index contributed by atoms with van der Waals surface area (Å²) in [5.41, 5.74) is 0.994. The highest BCUT2D eigenvalue weighted by Crippen LogP contribution is 2.09. The molecule has 1 heterocycles. The Balaban J connectivity index is 2.81. The number of nitrogens with one attached hydrogen (secondary N) is 1. The van der Waals surface area contributed by atoms with Gasteiger partial charge < -0.3 is 5.32 Å². The van der Waals surface area contributed by atoms with E-state index in [9.17, 15) is 4.39 Å². The smallest absolute Gasteiger partial charge is 0.212 e. The molecule has 0 fully saturated rings. The molecule has 0 amide bonds. The summed E-state index contributed by atoms with van der Waals surface area (Å²) in [7, 11) is 1.86. The van der Waals surface area contributed by atoms with Crippen molar-refractivity contribution in [3.8, 4) is 0 Å². The first kappa shape index (κ1) is 8.14. The van der Waals surface area contributed by atoms with Crippen molar-refractivity contribution in [3.05, 3.63) is 29.8 Å². The average molecular weight is 154 g/mol. The predicted octanol–water partition coefficient (Wildman–Crippen LogP) is 1.50. The second-order valence-corrected chi connectivity index (χ2v) is 2.42. The fourth-order valence-corrected chi connectivity index (χ4v) is 0.810. The van der Waals surface area contributed by atoms with E-state index in [0.717, 1.165) is 5.56 Å². The maximum absolute atomic E-state index is 12.3. The van der Waals surface area contributed by atoms with Gasteiger partial charge in [0.25, 0.3) is 0 Å². The van der Waals surface area contributed by atoms with Gasteiger partial charge in [-0.2, -0.15) is 4.39 Å². The molecule has 0 aliphatic carbocycles. The van der Waals surface area contributed by atoms with Gasteiger partial charge in [-0.15, -0.1) is 0 Å². The molecule has 0 saturated heterocycles. The first-order valence-corrected chi connectivity index (χ1v) is 3.52. The normalized spacial score (nSPS) is 13.0. The summed E-state index contributed by atoms with van der Waals surface area (Å²) in [5.74, 6) is -0.433. The molecule has 2 nitrogen and oxygen atoms in total. The number of nitrogens with zero attached hydrogens (tertiary/aromatic N) is 1. The van der Waals surface area contributed by atoms with Gasteiger partial charge in [-0.25, -0.2) is 4.98 Å². The van der Waals surface area contributed by atoms with Gasteiger partial charge in [0.1, 0.15) is 0 Å². The van der Waals surface area contributed by atoms with Crippen molar-refractivity contribution in [3.63, 3.8) is 0 Å². The highest BCUT2D eigenvalue weighted by Gasteiger charge is 2.01. The summed E-state index contributed by atoms with van der Waals surface area (Å²) in [5, 5.41) is 3.04. The lowest BCUT2D eigenvalue weighted by atomic mass is 10.1. The van der Waals surface area contributed by atoms with E-state index in [-0.39, 0.29) is 6.04 Å². The van der Waals surface area contributed by atoms with Crippen molar-refractivity contribution < 1.29 is 4.39 Å². The predicted molar refractivity (Wildman–Crippen MR) is 41.7 cm³/mol. The van der Waals surface area contributed by atoms with Crippen LogP contribution in [-0.2, 0) is 0 Å². The molecule has 1 N–H and O–H groups in total. The Hall–Kier alpha value is -0.960. The fraction of sp³-hybridized carbons (Fsp3) is 0.375. The second kappa shape index (κ2) is 3.44. The SMILES string of the molecule is CNC(C)c1ccc(F)nc1. The Morgan fingerprint density at radius 1 is 1.55 bits per heavy atom. The maximum atomic E-state index is 12.3. The number of aromatic nitrogens is 1. The lowest BCUT2D eigenvalue weighted by Crippen LogP contribution is -2.12. The molecule has 1 unspecified atom stereocenters. The summed E-state index contributed by atoms with van der Waals surface area (Å²) in [6.07, 6.45) is 1.54. The number of rotatable bonds is 2. The van der Waals surface area contributed by atoms with E-state index in [1.807, 2.05) is 14.0 Å². The first-order valence-electron chi connectivity index (χ1n) is 3.52. The fourth-order valence-electron chi connectivity index (χ4n) is 0.810. The number of halogens is 1. The highest BCUT2D eigenvalue weighted by atomic mass is 19.1. The maximum Gasteiger partial charge on any atom is 0.212 e. The Morgan fingerprint density at radius 2 is 2.27 bits per heavy atom. The summed E-state index contributed by atoms with van der Waals surface area (Å²) >= 11 is 0.